The van der Waals surface area contributed by atoms with E-state index in [-0.39, 0.29) is 18.4 Å². The van der Waals surface area contributed by atoms with Gasteiger partial charge >= 0.3 is 0 Å². The highest BCUT2D eigenvalue weighted by atomic mass is 35.5. The van der Waals surface area contributed by atoms with Gasteiger partial charge in [0, 0.05) is 11.5 Å². The molecule has 0 saturated carbocycles. The first-order valence-electron chi connectivity index (χ1n) is 7.32. The predicted octanol–water partition coefficient (Wildman–Crippen LogP) is 3.84. The van der Waals surface area contributed by atoms with Crippen molar-refractivity contribution in [2.75, 3.05) is 11.9 Å². The number of unbranched alkanes of at least 4 members (excludes halogenated alkanes) is 1. The molecule has 2 N–H and O–H groups in total. The van der Waals surface area contributed by atoms with E-state index in [9.17, 15) is 4.79 Å². The smallest absolute Gasteiger partial charge is 0.227 e. The Labute approximate surface area is 131 Å². The molecular formula is C17H22ClNO2. The number of aliphatic hydroxyl groups is 1. The third kappa shape index (κ3) is 5.79. The number of hydrogen-bond acceptors (Lipinski definition) is 2. The minimum absolute atomic E-state index is 0.000109. The van der Waals surface area contributed by atoms with Gasteiger partial charge in [0.05, 0.1) is 10.7 Å². The van der Waals surface area contributed by atoms with Crippen LogP contribution >= 0.6 is 11.6 Å². The number of halogens is 1. The zero-order valence-electron chi connectivity index (χ0n) is 12.6. The third-order valence-corrected chi connectivity index (χ3v) is 3.64. The standard InChI is InChI=1S/C17H22ClNO2/c1-3-5-8-14(4-2)17(21)19-16-12-13(7-6-11-20)9-10-15(16)18/h9-10,12,14,20H,3-5,8,11H2,1-2H3,(H,19,21). The van der Waals surface area contributed by atoms with Gasteiger partial charge in [0.25, 0.3) is 0 Å². The molecule has 0 aromatic heterocycles. The highest BCUT2D eigenvalue weighted by molar-refractivity contribution is 6.33. The summed E-state index contributed by atoms with van der Waals surface area (Å²) in [6, 6.07) is 5.19. The Morgan fingerprint density at radius 1 is 1.43 bits per heavy atom. The van der Waals surface area contributed by atoms with E-state index in [1.807, 2.05) is 6.92 Å². The molecule has 4 heteroatoms. The quantitative estimate of drug-likeness (QED) is 0.785. The molecule has 1 aromatic rings. The number of aliphatic hydroxyl groups excluding tert-OH is 1. The van der Waals surface area contributed by atoms with E-state index in [4.69, 9.17) is 16.7 Å². The number of anilines is 1. The van der Waals surface area contributed by atoms with Gasteiger partial charge in [0.1, 0.15) is 6.61 Å². The number of nitrogens with one attached hydrogen (secondary N) is 1. The molecule has 1 aromatic carbocycles. The van der Waals surface area contributed by atoms with Crippen molar-refractivity contribution in [1.29, 1.82) is 0 Å². The second kappa shape index (κ2) is 9.44. The fourth-order valence-electron chi connectivity index (χ4n) is 2.05. The van der Waals surface area contributed by atoms with E-state index < -0.39 is 0 Å². The van der Waals surface area contributed by atoms with Crippen LogP contribution in [-0.4, -0.2) is 17.6 Å². The summed E-state index contributed by atoms with van der Waals surface area (Å²) < 4.78 is 0. The highest BCUT2D eigenvalue weighted by Crippen LogP contribution is 2.24. The lowest BCUT2D eigenvalue weighted by Gasteiger charge is -2.15. The molecule has 0 spiro atoms. The van der Waals surface area contributed by atoms with E-state index in [0.29, 0.717) is 16.3 Å². The van der Waals surface area contributed by atoms with Gasteiger partial charge in [-0.05, 0) is 31.0 Å². The van der Waals surface area contributed by atoms with E-state index in [1.54, 1.807) is 18.2 Å². The van der Waals surface area contributed by atoms with Gasteiger partial charge in [0.2, 0.25) is 5.91 Å². The van der Waals surface area contributed by atoms with Crippen molar-refractivity contribution < 1.29 is 9.90 Å². The fraction of sp³-hybridized carbons (Fsp3) is 0.471. The van der Waals surface area contributed by atoms with Crippen molar-refractivity contribution in [2.24, 2.45) is 5.92 Å². The van der Waals surface area contributed by atoms with E-state index in [0.717, 1.165) is 25.7 Å². The van der Waals surface area contributed by atoms with Gasteiger partial charge in [-0.25, -0.2) is 0 Å². The SMILES string of the molecule is CCCCC(CC)C(=O)Nc1cc(C#CCO)ccc1Cl. The van der Waals surface area contributed by atoms with Crippen LogP contribution in [0.2, 0.25) is 5.02 Å². The molecule has 0 bridgehead atoms. The molecule has 1 rings (SSSR count). The van der Waals surface area contributed by atoms with E-state index >= 15 is 0 Å². The molecule has 3 nitrogen and oxygen atoms in total. The maximum absolute atomic E-state index is 12.3. The Bertz CT molecular complexity index is 531. The summed E-state index contributed by atoms with van der Waals surface area (Å²) in [7, 11) is 0. The number of hydrogen-bond donors (Lipinski definition) is 2. The molecule has 0 aliphatic heterocycles. The topological polar surface area (TPSA) is 49.3 Å². The molecular weight excluding hydrogens is 286 g/mol. The number of rotatable bonds is 6. The van der Waals surface area contributed by atoms with Gasteiger partial charge in [-0.3, -0.25) is 4.79 Å². The van der Waals surface area contributed by atoms with Crippen molar-refractivity contribution in [1.82, 2.24) is 0 Å². The normalized spacial score (nSPS) is 11.4. The first kappa shape index (κ1) is 17.6. The Hall–Kier alpha value is -1.50. The van der Waals surface area contributed by atoms with Crippen LogP contribution < -0.4 is 5.32 Å². The van der Waals surface area contributed by atoms with Crippen LogP contribution in [0.15, 0.2) is 18.2 Å². The summed E-state index contributed by atoms with van der Waals surface area (Å²) in [5.41, 5.74) is 1.28. The van der Waals surface area contributed by atoms with Crippen molar-refractivity contribution in [2.45, 2.75) is 39.5 Å². The third-order valence-electron chi connectivity index (χ3n) is 3.31. The first-order chi connectivity index (χ1) is 10.1. The Morgan fingerprint density at radius 2 is 2.19 bits per heavy atom. The maximum atomic E-state index is 12.3. The summed E-state index contributed by atoms with van der Waals surface area (Å²) in [4.78, 5) is 12.3. The summed E-state index contributed by atoms with van der Waals surface area (Å²) in [6.45, 7) is 3.94. The monoisotopic (exact) mass is 307 g/mol. The summed E-state index contributed by atoms with van der Waals surface area (Å²) >= 11 is 6.11. The summed E-state index contributed by atoms with van der Waals surface area (Å²) in [6.07, 6.45) is 3.83. The summed E-state index contributed by atoms with van der Waals surface area (Å²) in [5, 5.41) is 12.1. The van der Waals surface area contributed by atoms with Crippen molar-refractivity contribution in [3.05, 3.63) is 28.8 Å². The molecule has 0 aliphatic rings. The predicted molar refractivity (Wildman–Crippen MR) is 87.4 cm³/mol. The Balaban J connectivity index is 2.82. The maximum Gasteiger partial charge on any atom is 0.227 e. The molecule has 21 heavy (non-hydrogen) atoms. The van der Waals surface area contributed by atoms with Gasteiger partial charge in [-0.15, -0.1) is 0 Å². The zero-order valence-corrected chi connectivity index (χ0v) is 13.3. The number of carbonyl (C=O) groups is 1. The average molecular weight is 308 g/mol. The van der Waals surface area contributed by atoms with Crippen molar-refractivity contribution in [3.8, 4) is 11.8 Å². The highest BCUT2D eigenvalue weighted by Gasteiger charge is 2.17. The van der Waals surface area contributed by atoms with E-state index in [1.165, 1.54) is 0 Å². The largest absolute Gasteiger partial charge is 0.384 e. The summed E-state index contributed by atoms with van der Waals surface area (Å²) in [5.74, 6) is 5.39. The minimum Gasteiger partial charge on any atom is -0.384 e. The second-order valence-corrected chi connectivity index (χ2v) is 5.30. The molecule has 1 amide bonds. The lowest BCUT2D eigenvalue weighted by molar-refractivity contribution is -0.120. The van der Waals surface area contributed by atoms with Crippen LogP contribution in [0.3, 0.4) is 0 Å². The zero-order chi connectivity index (χ0) is 15.7. The van der Waals surface area contributed by atoms with Crippen LogP contribution in [-0.2, 0) is 4.79 Å². The van der Waals surface area contributed by atoms with E-state index in [2.05, 4.69) is 24.1 Å². The molecule has 0 radical (unpaired) electrons. The average Bonchev–Trinajstić information content (AvgIpc) is 2.48. The molecule has 0 saturated heterocycles. The molecule has 1 atom stereocenters. The molecule has 0 aliphatic carbocycles. The lowest BCUT2D eigenvalue weighted by Crippen LogP contribution is -2.22. The molecule has 0 heterocycles. The van der Waals surface area contributed by atoms with Crippen LogP contribution in [0.5, 0.6) is 0 Å². The number of benzene rings is 1. The van der Waals surface area contributed by atoms with Gasteiger partial charge in [-0.2, -0.15) is 0 Å². The second-order valence-electron chi connectivity index (χ2n) is 4.89. The Morgan fingerprint density at radius 3 is 2.81 bits per heavy atom. The first-order valence-corrected chi connectivity index (χ1v) is 7.70. The number of carbonyl (C=O) groups excluding carboxylic acids is 1. The minimum atomic E-state index is -0.195. The van der Waals surface area contributed by atoms with Crippen LogP contribution in [0, 0.1) is 17.8 Å². The molecule has 0 fully saturated rings. The lowest BCUT2D eigenvalue weighted by atomic mass is 9.98. The van der Waals surface area contributed by atoms with Crippen LogP contribution in [0.4, 0.5) is 5.69 Å². The van der Waals surface area contributed by atoms with Crippen molar-refractivity contribution in [3.63, 3.8) is 0 Å². The number of amides is 1. The van der Waals surface area contributed by atoms with Crippen molar-refractivity contribution >= 4 is 23.2 Å². The molecule has 114 valence electrons. The van der Waals surface area contributed by atoms with Gasteiger partial charge < -0.3 is 10.4 Å². The Kier molecular flexibility index (Phi) is 7.89. The molecule has 1 unspecified atom stereocenters. The fourth-order valence-corrected chi connectivity index (χ4v) is 2.21. The van der Waals surface area contributed by atoms with Gasteiger partial charge in [0.15, 0.2) is 0 Å². The van der Waals surface area contributed by atoms with Crippen LogP contribution in [0.1, 0.15) is 45.1 Å². The van der Waals surface area contributed by atoms with Gasteiger partial charge in [-0.1, -0.05) is 50.1 Å². The van der Waals surface area contributed by atoms with Crippen LogP contribution in [0.25, 0.3) is 0 Å².